The summed E-state index contributed by atoms with van der Waals surface area (Å²) in [5.74, 6) is -0.558. The van der Waals surface area contributed by atoms with Gasteiger partial charge in [-0.15, -0.1) is 0 Å². The van der Waals surface area contributed by atoms with Gasteiger partial charge in [0.1, 0.15) is 16.3 Å². The third-order valence-corrected chi connectivity index (χ3v) is 4.31. The molecule has 1 fully saturated rings. The van der Waals surface area contributed by atoms with E-state index in [1.54, 1.807) is 0 Å². The largest absolute Gasteiger partial charge is 0.495 e. The number of nitrogens with one attached hydrogen (secondary N) is 1. The molecule has 1 aliphatic rings. The smallest absolute Gasteiger partial charge is 0.325 e. The predicted molar refractivity (Wildman–Crippen MR) is 89.2 cm³/mol. The van der Waals surface area contributed by atoms with Gasteiger partial charge in [0.2, 0.25) is 5.75 Å². The van der Waals surface area contributed by atoms with Crippen LogP contribution in [0, 0.1) is 10.1 Å². The van der Waals surface area contributed by atoms with Crippen LogP contribution < -0.4 is 14.8 Å². The summed E-state index contributed by atoms with van der Waals surface area (Å²) in [5, 5.41) is 14.0. The Morgan fingerprint density at radius 1 is 1.33 bits per heavy atom. The predicted octanol–water partition coefficient (Wildman–Crippen LogP) is 2.09. The quantitative estimate of drug-likeness (QED) is 0.593. The van der Waals surface area contributed by atoms with Crippen LogP contribution in [-0.2, 0) is 0 Å². The molecule has 0 spiro atoms. The number of halogens is 1. The maximum Gasteiger partial charge on any atom is 0.325 e. The fraction of sp³-hybridized carbons (Fsp3) is 0.533. The molecule has 0 atom stereocenters. The number of nitrogens with zero attached hydrogens (tertiary/aromatic N) is 2. The van der Waals surface area contributed by atoms with Crippen molar-refractivity contribution >= 4 is 23.2 Å². The number of amides is 1. The number of nitro benzene ring substituents is 1. The number of benzene rings is 1. The van der Waals surface area contributed by atoms with Gasteiger partial charge in [0, 0.05) is 19.2 Å². The molecule has 24 heavy (non-hydrogen) atoms. The number of rotatable bonds is 7. The normalized spacial score (nSPS) is 14.5. The Bertz CT molecular complexity index is 632. The van der Waals surface area contributed by atoms with E-state index in [1.807, 2.05) is 0 Å². The fourth-order valence-corrected chi connectivity index (χ4v) is 3.02. The van der Waals surface area contributed by atoms with Crippen molar-refractivity contribution in [2.45, 2.75) is 12.8 Å². The van der Waals surface area contributed by atoms with Crippen LogP contribution >= 0.6 is 11.6 Å². The average Bonchev–Trinajstić information content (AvgIpc) is 3.07. The summed E-state index contributed by atoms with van der Waals surface area (Å²) < 4.78 is 10.1. The number of nitro groups is 1. The van der Waals surface area contributed by atoms with Gasteiger partial charge < -0.3 is 19.7 Å². The molecule has 0 aromatic heterocycles. The second-order valence-electron chi connectivity index (χ2n) is 5.38. The fourth-order valence-electron chi connectivity index (χ4n) is 2.72. The Kier molecular flexibility index (Phi) is 6.22. The molecule has 1 heterocycles. The first kappa shape index (κ1) is 18.3. The molecule has 0 radical (unpaired) electrons. The van der Waals surface area contributed by atoms with E-state index in [0.29, 0.717) is 13.1 Å². The lowest BCUT2D eigenvalue weighted by Crippen LogP contribution is -2.34. The highest BCUT2D eigenvalue weighted by Gasteiger charge is 2.31. The highest BCUT2D eigenvalue weighted by atomic mass is 35.5. The zero-order valence-electron chi connectivity index (χ0n) is 13.6. The monoisotopic (exact) mass is 357 g/mol. The summed E-state index contributed by atoms with van der Waals surface area (Å²) in [5.41, 5.74) is -0.721. The first-order valence-corrected chi connectivity index (χ1v) is 7.96. The molecule has 1 aromatic rings. The van der Waals surface area contributed by atoms with E-state index in [1.165, 1.54) is 20.3 Å². The van der Waals surface area contributed by atoms with Crippen molar-refractivity contribution in [3.63, 3.8) is 0 Å². The molecule has 0 saturated carbocycles. The zero-order valence-corrected chi connectivity index (χ0v) is 14.4. The van der Waals surface area contributed by atoms with Crippen LogP contribution in [0.25, 0.3) is 0 Å². The molecule has 1 aromatic carbocycles. The van der Waals surface area contributed by atoms with Crippen LogP contribution in [0.4, 0.5) is 5.69 Å². The number of hydrogen-bond donors (Lipinski definition) is 1. The van der Waals surface area contributed by atoms with Gasteiger partial charge in [-0.2, -0.15) is 0 Å². The van der Waals surface area contributed by atoms with Crippen molar-refractivity contribution < 1.29 is 19.2 Å². The van der Waals surface area contributed by atoms with E-state index >= 15 is 0 Å². The van der Waals surface area contributed by atoms with E-state index in [-0.39, 0.29) is 22.1 Å². The van der Waals surface area contributed by atoms with Gasteiger partial charge in [0.25, 0.3) is 5.91 Å². The van der Waals surface area contributed by atoms with Crippen molar-refractivity contribution in [2.75, 3.05) is 40.4 Å². The summed E-state index contributed by atoms with van der Waals surface area (Å²) in [6, 6.07) is 1.29. The van der Waals surface area contributed by atoms with Crippen LogP contribution in [0.5, 0.6) is 11.5 Å². The van der Waals surface area contributed by atoms with Gasteiger partial charge in [0.15, 0.2) is 0 Å². The number of methoxy groups -OCH3 is 2. The first-order valence-electron chi connectivity index (χ1n) is 7.59. The molecule has 9 heteroatoms. The number of carbonyl (C=O) groups is 1. The van der Waals surface area contributed by atoms with Gasteiger partial charge in [-0.25, -0.2) is 0 Å². The number of likely N-dealkylation sites (tertiary alicyclic amines) is 1. The van der Waals surface area contributed by atoms with Crippen molar-refractivity contribution in [2.24, 2.45) is 0 Å². The minimum atomic E-state index is -0.681. The second-order valence-corrected chi connectivity index (χ2v) is 5.76. The molecule has 0 unspecified atom stereocenters. The van der Waals surface area contributed by atoms with Crippen LogP contribution in [0.2, 0.25) is 5.02 Å². The lowest BCUT2D eigenvalue weighted by molar-refractivity contribution is -0.386. The lowest BCUT2D eigenvalue weighted by atomic mass is 10.1. The molecule has 8 nitrogen and oxygen atoms in total. The Morgan fingerprint density at radius 3 is 2.50 bits per heavy atom. The highest BCUT2D eigenvalue weighted by molar-refractivity contribution is 6.36. The maximum absolute atomic E-state index is 12.5. The molecule has 132 valence electrons. The Morgan fingerprint density at radius 2 is 1.96 bits per heavy atom. The lowest BCUT2D eigenvalue weighted by Gasteiger charge is -2.16. The second kappa shape index (κ2) is 8.16. The topological polar surface area (TPSA) is 93.9 Å². The minimum Gasteiger partial charge on any atom is -0.495 e. The highest BCUT2D eigenvalue weighted by Crippen LogP contribution is 2.41. The van der Waals surface area contributed by atoms with Gasteiger partial charge in [-0.3, -0.25) is 14.9 Å². The van der Waals surface area contributed by atoms with Crippen LogP contribution in [0.1, 0.15) is 23.2 Å². The third-order valence-electron chi connectivity index (χ3n) is 3.93. The third kappa shape index (κ3) is 3.88. The van der Waals surface area contributed by atoms with Crippen LogP contribution in [0.3, 0.4) is 0 Å². The van der Waals surface area contributed by atoms with Crippen molar-refractivity contribution in [3.8, 4) is 11.5 Å². The van der Waals surface area contributed by atoms with E-state index < -0.39 is 16.5 Å². The SMILES string of the molecule is COc1cc(OC)c([N+](=O)[O-])c(C(=O)NCCN2CCCC2)c1Cl. The number of carbonyl (C=O) groups excluding carboxylic acids is 1. The summed E-state index contributed by atoms with van der Waals surface area (Å²) in [6.07, 6.45) is 2.30. The standard InChI is InChI=1S/C15H20ClN3O5/c1-23-10-9-11(24-2)14(19(21)22)12(13(10)16)15(20)17-5-8-18-6-3-4-7-18/h9H,3-8H2,1-2H3,(H,17,20). The molecule has 1 saturated heterocycles. The number of ether oxygens (including phenoxy) is 2. The molecule has 1 aliphatic heterocycles. The van der Waals surface area contributed by atoms with Gasteiger partial charge in [-0.05, 0) is 25.9 Å². The summed E-state index contributed by atoms with van der Waals surface area (Å²) in [7, 11) is 2.65. The van der Waals surface area contributed by atoms with Gasteiger partial charge >= 0.3 is 5.69 Å². The molecule has 1 N–H and O–H groups in total. The molecular weight excluding hydrogens is 338 g/mol. The summed E-state index contributed by atoms with van der Waals surface area (Å²) in [6.45, 7) is 3.08. The molecule has 0 bridgehead atoms. The zero-order chi connectivity index (χ0) is 17.7. The molecule has 1 amide bonds. The molecule has 0 aliphatic carbocycles. The molecule has 2 rings (SSSR count). The van der Waals surface area contributed by atoms with Crippen molar-refractivity contribution in [1.29, 1.82) is 0 Å². The van der Waals surface area contributed by atoms with Crippen LogP contribution in [-0.4, -0.2) is 56.1 Å². The van der Waals surface area contributed by atoms with Gasteiger partial charge in [0.05, 0.1) is 19.1 Å². The summed E-state index contributed by atoms with van der Waals surface area (Å²) >= 11 is 6.13. The minimum absolute atomic E-state index is 0.0778. The Balaban J connectivity index is 2.25. The van der Waals surface area contributed by atoms with Gasteiger partial charge in [-0.1, -0.05) is 11.6 Å². The first-order chi connectivity index (χ1) is 11.5. The Labute approximate surface area is 144 Å². The van der Waals surface area contributed by atoms with E-state index in [0.717, 1.165) is 25.9 Å². The van der Waals surface area contributed by atoms with Crippen molar-refractivity contribution in [3.05, 3.63) is 26.8 Å². The molecular formula is C15H20ClN3O5. The Hall–Kier alpha value is -2.06. The number of hydrogen-bond acceptors (Lipinski definition) is 6. The average molecular weight is 358 g/mol. The van der Waals surface area contributed by atoms with Crippen molar-refractivity contribution in [1.82, 2.24) is 10.2 Å². The van der Waals surface area contributed by atoms with E-state index in [9.17, 15) is 14.9 Å². The maximum atomic E-state index is 12.5. The van der Waals surface area contributed by atoms with Crippen LogP contribution in [0.15, 0.2) is 6.07 Å². The summed E-state index contributed by atoms with van der Waals surface area (Å²) in [4.78, 5) is 25.4. The van der Waals surface area contributed by atoms with E-state index in [4.69, 9.17) is 21.1 Å². The van der Waals surface area contributed by atoms with E-state index in [2.05, 4.69) is 10.2 Å².